The fourth-order valence-electron chi connectivity index (χ4n) is 6.44. The van der Waals surface area contributed by atoms with Gasteiger partial charge in [-0.1, -0.05) is 100 Å². The van der Waals surface area contributed by atoms with Crippen LogP contribution in [0.5, 0.6) is 0 Å². The zero-order chi connectivity index (χ0) is 25.7. The molecule has 0 radical (unpaired) electrons. The molecule has 0 N–H and O–H groups in total. The number of benzene rings is 4. The van der Waals surface area contributed by atoms with Gasteiger partial charge in [0.1, 0.15) is 0 Å². The number of hydrogen-bond donors (Lipinski definition) is 0. The highest BCUT2D eigenvalue weighted by Crippen LogP contribution is 2.53. The average Bonchev–Trinajstić information content (AvgIpc) is 3.10. The van der Waals surface area contributed by atoms with Gasteiger partial charge in [0.2, 0.25) is 0 Å². The quantitative estimate of drug-likeness (QED) is 0.279. The minimum Gasteiger partial charge on any atom is -0.336 e. The van der Waals surface area contributed by atoms with Gasteiger partial charge in [-0.05, 0) is 90.3 Å². The van der Waals surface area contributed by atoms with E-state index in [1.165, 1.54) is 55.9 Å². The van der Waals surface area contributed by atoms with Crippen molar-refractivity contribution in [1.29, 1.82) is 0 Å². The first-order valence-electron chi connectivity index (χ1n) is 13.4. The van der Waals surface area contributed by atoms with Crippen molar-refractivity contribution in [2.45, 2.75) is 72.3 Å². The van der Waals surface area contributed by atoms with Gasteiger partial charge in [-0.15, -0.1) is 0 Å². The van der Waals surface area contributed by atoms with Gasteiger partial charge >= 0.3 is 0 Å². The van der Waals surface area contributed by atoms with Gasteiger partial charge in [0.05, 0.1) is 0 Å². The van der Waals surface area contributed by atoms with Gasteiger partial charge < -0.3 is 4.90 Å². The number of nitrogens with zero attached hydrogens (tertiary/aromatic N) is 1. The second-order valence-electron chi connectivity index (χ2n) is 11.5. The first kappa shape index (κ1) is 24.4. The Morgan fingerprint density at radius 3 is 1.89 bits per heavy atom. The Labute approximate surface area is 217 Å². The van der Waals surface area contributed by atoms with Crippen LogP contribution in [0, 0.1) is 0 Å². The van der Waals surface area contributed by atoms with Crippen LogP contribution in [-0.4, -0.2) is 5.54 Å². The summed E-state index contributed by atoms with van der Waals surface area (Å²) in [7, 11) is 0. The predicted molar refractivity (Wildman–Crippen MR) is 157 cm³/mol. The largest absolute Gasteiger partial charge is 0.336 e. The van der Waals surface area contributed by atoms with Crippen molar-refractivity contribution in [3.8, 4) is 22.3 Å². The number of rotatable bonds is 5. The molecule has 0 fully saturated rings. The smallest absolute Gasteiger partial charge is 0.0454 e. The van der Waals surface area contributed by atoms with Crippen LogP contribution >= 0.6 is 0 Å². The molecule has 4 aromatic rings. The molecule has 0 bridgehead atoms. The molecule has 1 nitrogen and oxygen atoms in total. The summed E-state index contributed by atoms with van der Waals surface area (Å²) in [6.07, 6.45) is 1.98. The van der Waals surface area contributed by atoms with Gasteiger partial charge in [-0.3, -0.25) is 0 Å². The molecule has 0 aliphatic heterocycles. The zero-order valence-electron chi connectivity index (χ0n) is 22.9. The average molecular weight is 474 g/mol. The molecule has 4 aromatic carbocycles. The van der Waals surface area contributed by atoms with Crippen LogP contribution in [0.2, 0.25) is 0 Å². The minimum atomic E-state index is -0.0903. The van der Waals surface area contributed by atoms with Crippen molar-refractivity contribution in [3.05, 3.63) is 107 Å². The Morgan fingerprint density at radius 2 is 1.22 bits per heavy atom. The highest BCUT2D eigenvalue weighted by molar-refractivity contribution is 5.87. The second-order valence-corrected chi connectivity index (χ2v) is 11.5. The standard InChI is InChI=1S/C35H39N/c1-8-25-27(24-16-11-10-12-17-24)19-15-21-31(25)36(34(3,4)5)32-23-22-29-28-18-13-14-20-30(28)35(6,7)33(29)26(32)9-2/h10-23H,8-9H2,1-7H3. The van der Waals surface area contributed by atoms with Gasteiger partial charge in [0.25, 0.3) is 0 Å². The molecular formula is C35H39N. The summed E-state index contributed by atoms with van der Waals surface area (Å²) in [4.78, 5) is 2.61. The third-order valence-corrected chi connectivity index (χ3v) is 7.90. The van der Waals surface area contributed by atoms with Crippen LogP contribution in [0.3, 0.4) is 0 Å². The third kappa shape index (κ3) is 3.77. The summed E-state index contributed by atoms with van der Waals surface area (Å²) in [5, 5.41) is 0. The van der Waals surface area contributed by atoms with Gasteiger partial charge in [0.15, 0.2) is 0 Å². The predicted octanol–water partition coefficient (Wildman–Crippen LogP) is 9.72. The third-order valence-electron chi connectivity index (χ3n) is 7.90. The molecule has 0 saturated carbocycles. The van der Waals surface area contributed by atoms with E-state index < -0.39 is 0 Å². The molecule has 5 rings (SSSR count). The monoisotopic (exact) mass is 473 g/mol. The highest BCUT2D eigenvalue weighted by atomic mass is 15.2. The van der Waals surface area contributed by atoms with E-state index in [2.05, 4.69) is 138 Å². The summed E-state index contributed by atoms with van der Waals surface area (Å²) in [6, 6.07) is 31.4. The van der Waals surface area contributed by atoms with E-state index >= 15 is 0 Å². The Hall–Kier alpha value is -3.32. The van der Waals surface area contributed by atoms with E-state index in [-0.39, 0.29) is 11.0 Å². The lowest BCUT2D eigenvalue weighted by Crippen LogP contribution is -2.39. The van der Waals surface area contributed by atoms with Crippen LogP contribution in [0.1, 0.15) is 70.7 Å². The van der Waals surface area contributed by atoms with Gasteiger partial charge in [-0.2, -0.15) is 0 Å². The van der Waals surface area contributed by atoms with Crippen molar-refractivity contribution in [2.75, 3.05) is 4.90 Å². The first-order valence-corrected chi connectivity index (χ1v) is 13.4. The molecule has 0 unspecified atom stereocenters. The first-order chi connectivity index (χ1) is 17.2. The summed E-state index contributed by atoms with van der Waals surface area (Å²) in [5.74, 6) is 0. The Morgan fingerprint density at radius 1 is 0.611 bits per heavy atom. The maximum absolute atomic E-state index is 2.61. The summed E-state index contributed by atoms with van der Waals surface area (Å²) < 4.78 is 0. The maximum atomic E-state index is 2.61. The topological polar surface area (TPSA) is 3.24 Å². The molecule has 0 heterocycles. The number of fused-ring (bicyclic) bond motifs is 3. The SMILES string of the molecule is CCc1c(-c2ccccc2)cccc1N(c1ccc2c(c1CC)C(C)(C)c1ccccc1-2)C(C)(C)C. The van der Waals surface area contributed by atoms with Crippen molar-refractivity contribution in [2.24, 2.45) is 0 Å². The summed E-state index contributed by atoms with van der Waals surface area (Å²) >= 11 is 0. The molecular weight excluding hydrogens is 434 g/mol. The van der Waals surface area contributed by atoms with E-state index in [0.29, 0.717) is 0 Å². The van der Waals surface area contributed by atoms with E-state index in [9.17, 15) is 0 Å². The van der Waals surface area contributed by atoms with Crippen LogP contribution < -0.4 is 4.90 Å². The molecule has 1 aliphatic rings. The zero-order valence-corrected chi connectivity index (χ0v) is 22.9. The van der Waals surface area contributed by atoms with Gasteiger partial charge in [0, 0.05) is 22.3 Å². The van der Waals surface area contributed by atoms with Crippen molar-refractivity contribution < 1.29 is 0 Å². The molecule has 0 aromatic heterocycles. The Balaban J connectivity index is 1.77. The molecule has 0 atom stereocenters. The highest BCUT2D eigenvalue weighted by Gasteiger charge is 2.39. The normalized spacial score (nSPS) is 13.9. The second kappa shape index (κ2) is 8.96. The van der Waals surface area contributed by atoms with Gasteiger partial charge in [-0.25, -0.2) is 0 Å². The van der Waals surface area contributed by atoms with E-state index in [4.69, 9.17) is 0 Å². The molecule has 1 heteroatoms. The molecule has 184 valence electrons. The van der Waals surface area contributed by atoms with E-state index in [1.807, 2.05) is 0 Å². The lowest BCUT2D eigenvalue weighted by molar-refractivity contribution is 0.556. The molecule has 1 aliphatic carbocycles. The van der Waals surface area contributed by atoms with Crippen molar-refractivity contribution in [1.82, 2.24) is 0 Å². The molecule has 0 amide bonds. The lowest BCUT2D eigenvalue weighted by Gasteiger charge is -2.41. The molecule has 0 saturated heterocycles. The Kier molecular flexibility index (Phi) is 6.07. The van der Waals surface area contributed by atoms with Crippen molar-refractivity contribution >= 4 is 11.4 Å². The van der Waals surface area contributed by atoms with Crippen molar-refractivity contribution in [3.63, 3.8) is 0 Å². The maximum Gasteiger partial charge on any atom is 0.0454 e. The van der Waals surface area contributed by atoms with Crippen LogP contribution in [-0.2, 0) is 18.3 Å². The summed E-state index contributed by atoms with van der Waals surface area (Å²) in [6.45, 7) is 16.4. The fraction of sp³-hybridized carbons (Fsp3) is 0.314. The van der Waals surface area contributed by atoms with Crippen LogP contribution in [0.15, 0.2) is 84.9 Å². The number of anilines is 2. The Bertz CT molecular complexity index is 1400. The number of hydrogen-bond acceptors (Lipinski definition) is 1. The lowest BCUT2D eigenvalue weighted by atomic mass is 9.78. The van der Waals surface area contributed by atoms with Crippen LogP contribution in [0.4, 0.5) is 11.4 Å². The van der Waals surface area contributed by atoms with Crippen LogP contribution in [0.25, 0.3) is 22.3 Å². The van der Waals surface area contributed by atoms with E-state index in [1.54, 1.807) is 0 Å². The minimum absolute atomic E-state index is 0.0176. The molecule has 36 heavy (non-hydrogen) atoms. The summed E-state index contributed by atoms with van der Waals surface area (Å²) in [5.41, 5.74) is 13.8. The van der Waals surface area contributed by atoms with E-state index in [0.717, 1.165) is 12.8 Å². The molecule has 0 spiro atoms. The fourth-order valence-corrected chi connectivity index (χ4v) is 6.44.